The Morgan fingerprint density at radius 3 is 2.29 bits per heavy atom. The summed E-state index contributed by atoms with van der Waals surface area (Å²) >= 11 is 0. The summed E-state index contributed by atoms with van der Waals surface area (Å²) in [5.41, 5.74) is 6.65. The number of hydrogen-bond donors (Lipinski definition) is 2. The summed E-state index contributed by atoms with van der Waals surface area (Å²) in [6.45, 7) is 4.40. The summed E-state index contributed by atoms with van der Waals surface area (Å²) in [6, 6.07) is 16.8. The maximum Gasteiger partial charge on any atom is 0.119 e. The normalized spacial score (nSPS) is 12.4. The van der Waals surface area contributed by atoms with Gasteiger partial charge < -0.3 is 4.74 Å². The Labute approximate surface area is 127 Å². The quantitative estimate of drug-likeness (QED) is 0.630. The molecule has 2 aromatic rings. The van der Waals surface area contributed by atoms with Crippen molar-refractivity contribution in [3.05, 3.63) is 65.2 Å². The third-order valence-electron chi connectivity index (χ3n) is 3.78. The fourth-order valence-electron chi connectivity index (χ4n) is 2.42. The first-order chi connectivity index (χ1) is 10.1. The first-order valence-electron chi connectivity index (χ1n) is 7.33. The lowest BCUT2D eigenvalue weighted by Crippen LogP contribution is -2.29. The zero-order valence-corrected chi connectivity index (χ0v) is 13.0. The predicted molar refractivity (Wildman–Crippen MR) is 87.3 cm³/mol. The van der Waals surface area contributed by atoms with Gasteiger partial charge in [-0.15, -0.1) is 0 Å². The van der Waals surface area contributed by atoms with Gasteiger partial charge in [0.1, 0.15) is 5.75 Å². The van der Waals surface area contributed by atoms with Gasteiger partial charge in [0.05, 0.1) is 7.11 Å². The van der Waals surface area contributed by atoms with E-state index in [1.165, 1.54) is 16.7 Å². The van der Waals surface area contributed by atoms with Gasteiger partial charge in [-0.25, -0.2) is 0 Å². The van der Waals surface area contributed by atoms with Crippen LogP contribution in [0.5, 0.6) is 5.75 Å². The van der Waals surface area contributed by atoms with Crippen molar-refractivity contribution in [3.8, 4) is 5.75 Å². The number of ether oxygens (including phenoxy) is 1. The molecule has 0 bridgehead atoms. The lowest BCUT2D eigenvalue weighted by Gasteiger charge is -2.18. The minimum absolute atomic E-state index is 0.0957. The molecular weight excluding hydrogens is 260 g/mol. The molecule has 0 aliphatic rings. The van der Waals surface area contributed by atoms with Crippen LogP contribution >= 0.6 is 0 Å². The van der Waals surface area contributed by atoms with Crippen molar-refractivity contribution >= 4 is 0 Å². The van der Waals surface area contributed by atoms with E-state index >= 15 is 0 Å². The maximum atomic E-state index is 5.74. The second-order valence-electron chi connectivity index (χ2n) is 5.60. The summed E-state index contributed by atoms with van der Waals surface area (Å²) in [6.07, 6.45) is 0.828. The average molecular weight is 284 g/mol. The molecule has 3 nitrogen and oxygen atoms in total. The van der Waals surface area contributed by atoms with E-state index in [9.17, 15) is 0 Å². The predicted octanol–water partition coefficient (Wildman–Crippen LogP) is 3.57. The van der Waals surface area contributed by atoms with Crippen LogP contribution in [-0.4, -0.2) is 7.11 Å². The lowest BCUT2D eigenvalue weighted by molar-refractivity contribution is 0.414. The van der Waals surface area contributed by atoms with Crippen LogP contribution < -0.4 is 16.0 Å². The first kappa shape index (κ1) is 15.5. The zero-order chi connectivity index (χ0) is 15.2. The average Bonchev–Trinajstić information content (AvgIpc) is 2.53. The molecule has 2 rings (SSSR count). The topological polar surface area (TPSA) is 47.3 Å². The summed E-state index contributed by atoms with van der Waals surface area (Å²) in [7, 11) is 1.68. The smallest absolute Gasteiger partial charge is 0.119 e. The number of rotatable bonds is 6. The van der Waals surface area contributed by atoms with E-state index in [1.54, 1.807) is 7.11 Å². The van der Waals surface area contributed by atoms with Crippen LogP contribution in [-0.2, 0) is 6.42 Å². The highest BCUT2D eigenvalue weighted by Crippen LogP contribution is 2.22. The van der Waals surface area contributed by atoms with E-state index in [0.29, 0.717) is 5.92 Å². The lowest BCUT2D eigenvalue weighted by atomic mass is 9.96. The number of nitrogens with two attached hydrogens (primary N) is 1. The van der Waals surface area contributed by atoms with Gasteiger partial charge >= 0.3 is 0 Å². The Hall–Kier alpha value is -1.84. The molecule has 0 aliphatic heterocycles. The van der Waals surface area contributed by atoms with Gasteiger partial charge in [-0.2, -0.15) is 0 Å². The van der Waals surface area contributed by atoms with Gasteiger partial charge in [-0.3, -0.25) is 11.3 Å². The van der Waals surface area contributed by atoms with E-state index in [4.69, 9.17) is 10.6 Å². The van der Waals surface area contributed by atoms with E-state index in [-0.39, 0.29) is 6.04 Å². The molecule has 3 heteroatoms. The van der Waals surface area contributed by atoms with Gasteiger partial charge in [0.15, 0.2) is 0 Å². The fraction of sp³-hybridized carbons (Fsp3) is 0.333. The molecule has 0 aliphatic carbocycles. The molecule has 0 radical (unpaired) electrons. The van der Waals surface area contributed by atoms with Crippen molar-refractivity contribution in [2.24, 2.45) is 5.84 Å². The molecule has 0 aromatic heterocycles. The Bertz CT molecular complexity index is 564. The summed E-state index contributed by atoms with van der Waals surface area (Å²) in [4.78, 5) is 0. The molecule has 2 aromatic carbocycles. The number of benzene rings is 2. The van der Waals surface area contributed by atoms with Crippen molar-refractivity contribution in [2.75, 3.05) is 7.11 Å². The minimum Gasteiger partial charge on any atom is -0.497 e. The number of hydrogen-bond acceptors (Lipinski definition) is 3. The highest BCUT2D eigenvalue weighted by Gasteiger charge is 2.11. The Kier molecular flexibility index (Phi) is 5.37. The SMILES string of the molecule is COc1cccc(CC(NN)c2ccc(C(C)C)cc2)c1. The third-order valence-corrected chi connectivity index (χ3v) is 3.78. The molecule has 1 unspecified atom stereocenters. The van der Waals surface area contributed by atoms with Gasteiger partial charge in [-0.05, 0) is 41.2 Å². The molecule has 3 N–H and O–H groups in total. The molecule has 21 heavy (non-hydrogen) atoms. The minimum atomic E-state index is 0.0957. The van der Waals surface area contributed by atoms with Crippen LogP contribution in [0.4, 0.5) is 0 Å². The second-order valence-corrected chi connectivity index (χ2v) is 5.60. The Balaban J connectivity index is 2.15. The van der Waals surface area contributed by atoms with E-state index in [2.05, 4.69) is 49.6 Å². The Morgan fingerprint density at radius 2 is 1.71 bits per heavy atom. The van der Waals surface area contributed by atoms with Crippen molar-refractivity contribution in [1.82, 2.24) is 5.43 Å². The zero-order valence-electron chi connectivity index (χ0n) is 13.0. The van der Waals surface area contributed by atoms with Crippen LogP contribution in [0, 0.1) is 0 Å². The monoisotopic (exact) mass is 284 g/mol. The molecule has 0 amide bonds. The second kappa shape index (κ2) is 7.25. The van der Waals surface area contributed by atoms with Crippen LogP contribution in [0.1, 0.15) is 42.5 Å². The van der Waals surface area contributed by atoms with Crippen molar-refractivity contribution in [2.45, 2.75) is 32.2 Å². The molecule has 1 atom stereocenters. The number of methoxy groups -OCH3 is 1. The van der Waals surface area contributed by atoms with Gasteiger partial charge in [0.2, 0.25) is 0 Å². The highest BCUT2D eigenvalue weighted by atomic mass is 16.5. The summed E-state index contributed by atoms with van der Waals surface area (Å²) in [5, 5.41) is 0. The fourth-order valence-corrected chi connectivity index (χ4v) is 2.42. The van der Waals surface area contributed by atoms with E-state index in [1.807, 2.05) is 18.2 Å². The molecule has 0 heterocycles. The van der Waals surface area contributed by atoms with Crippen LogP contribution in [0.25, 0.3) is 0 Å². The summed E-state index contributed by atoms with van der Waals surface area (Å²) in [5.74, 6) is 7.16. The standard InChI is InChI=1S/C18H24N2O/c1-13(2)15-7-9-16(10-8-15)18(20-19)12-14-5-4-6-17(11-14)21-3/h4-11,13,18,20H,12,19H2,1-3H3. The highest BCUT2D eigenvalue weighted by molar-refractivity contribution is 5.32. The first-order valence-corrected chi connectivity index (χ1v) is 7.33. The van der Waals surface area contributed by atoms with Gasteiger partial charge in [-0.1, -0.05) is 50.2 Å². The molecule has 112 valence electrons. The third kappa shape index (κ3) is 4.06. The van der Waals surface area contributed by atoms with E-state index in [0.717, 1.165) is 12.2 Å². The molecule has 0 fully saturated rings. The van der Waals surface area contributed by atoms with E-state index < -0.39 is 0 Å². The van der Waals surface area contributed by atoms with Crippen LogP contribution in [0.2, 0.25) is 0 Å². The van der Waals surface area contributed by atoms with Crippen molar-refractivity contribution in [3.63, 3.8) is 0 Å². The van der Waals surface area contributed by atoms with Crippen LogP contribution in [0.15, 0.2) is 48.5 Å². The van der Waals surface area contributed by atoms with Gasteiger partial charge in [0, 0.05) is 6.04 Å². The molecule has 0 saturated heterocycles. The van der Waals surface area contributed by atoms with Crippen molar-refractivity contribution in [1.29, 1.82) is 0 Å². The molecular formula is C18H24N2O. The van der Waals surface area contributed by atoms with Crippen molar-refractivity contribution < 1.29 is 4.74 Å². The van der Waals surface area contributed by atoms with Gasteiger partial charge in [0.25, 0.3) is 0 Å². The number of nitrogens with one attached hydrogen (secondary N) is 1. The Morgan fingerprint density at radius 1 is 1.05 bits per heavy atom. The molecule has 0 saturated carbocycles. The largest absolute Gasteiger partial charge is 0.497 e. The number of hydrazine groups is 1. The van der Waals surface area contributed by atoms with Crippen LogP contribution in [0.3, 0.4) is 0 Å². The molecule has 0 spiro atoms. The summed E-state index contributed by atoms with van der Waals surface area (Å²) < 4.78 is 5.27. The maximum absolute atomic E-state index is 5.74.